The second-order valence-corrected chi connectivity index (χ2v) is 2.49. The quantitative estimate of drug-likeness (QED) is 0.409. The average Bonchev–Trinajstić information content (AvgIpc) is 2.32. The zero-order valence-electron chi connectivity index (χ0n) is 5.14. The molecule has 1 aromatic rings. The molecule has 0 atom stereocenters. The summed E-state index contributed by atoms with van der Waals surface area (Å²) in [5.74, 6) is -1.03. The van der Waals surface area contributed by atoms with Crippen LogP contribution in [-0.4, -0.2) is 12.1 Å². The molecule has 0 unspecified atom stereocenters. The maximum Gasteiger partial charge on any atom is 0.262 e. The number of hydrogen-bond acceptors (Lipinski definition) is 3. The molecule has 0 aliphatic carbocycles. The molecule has 0 aliphatic rings. The minimum atomic E-state index is -0.818. The van der Waals surface area contributed by atoms with Gasteiger partial charge in [0.2, 0.25) is 0 Å². The van der Waals surface area contributed by atoms with Crippen LogP contribution >= 0.6 is 23.2 Å². The first-order valence-corrected chi connectivity index (χ1v) is 3.34. The Hall–Kier alpha value is -0.800. The zero-order valence-corrected chi connectivity index (χ0v) is 6.65. The summed E-state index contributed by atoms with van der Waals surface area (Å²) in [5, 5.41) is 0.0978. The van der Waals surface area contributed by atoms with Crippen molar-refractivity contribution < 1.29 is 14.0 Å². The lowest BCUT2D eigenvalue weighted by molar-refractivity contribution is -0.104. The van der Waals surface area contributed by atoms with E-state index in [9.17, 15) is 9.59 Å². The van der Waals surface area contributed by atoms with Gasteiger partial charge in [0.25, 0.3) is 5.78 Å². The van der Waals surface area contributed by atoms with Gasteiger partial charge < -0.3 is 4.42 Å². The van der Waals surface area contributed by atoms with Crippen molar-refractivity contribution in [2.45, 2.75) is 0 Å². The van der Waals surface area contributed by atoms with Crippen LogP contribution in [0.15, 0.2) is 10.7 Å². The zero-order chi connectivity index (χ0) is 8.43. The molecular formula is C6H2Cl2O3. The van der Waals surface area contributed by atoms with Gasteiger partial charge in [-0.05, 0) is 0 Å². The Morgan fingerprint density at radius 1 is 1.55 bits per heavy atom. The maximum atomic E-state index is 10.6. The fourth-order valence-electron chi connectivity index (χ4n) is 0.542. The van der Waals surface area contributed by atoms with E-state index in [-0.39, 0.29) is 22.1 Å². The van der Waals surface area contributed by atoms with E-state index in [2.05, 4.69) is 4.42 Å². The molecule has 0 aliphatic heterocycles. The molecule has 5 heteroatoms. The predicted octanol–water partition coefficient (Wildman–Crippen LogP) is 1.97. The van der Waals surface area contributed by atoms with Gasteiger partial charge in [0, 0.05) is 0 Å². The number of carbonyl (C=O) groups excluding carboxylic acids is 2. The summed E-state index contributed by atoms with van der Waals surface area (Å²) < 4.78 is 4.60. The van der Waals surface area contributed by atoms with Gasteiger partial charge in [-0.2, -0.15) is 0 Å². The van der Waals surface area contributed by atoms with Gasteiger partial charge in [-0.25, -0.2) is 0 Å². The number of carbonyl (C=O) groups is 2. The van der Waals surface area contributed by atoms with Gasteiger partial charge in [-0.15, -0.1) is 0 Å². The van der Waals surface area contributed by atoms with Crippen LogP contribution in [0.3, 0.4) is 0 Å². The molecule has 58 valence electrons. The number of ketones is 1. The van der Waals surface area contributed by atoms with Crippen LogP contribution in [0.1, 0.15) is 10.6 Å². The third-order valence-corrected chi connectivity index (χ3v) is 1.77. The molecule has 0 fully saturated rings. The van der Waals surface area contributed by atoms with Crippen molar-refractivity contribution in [1.82, 2.24) is 0 Å². The van der Waals surface area contributed by atoms with Crippen molar-refractivity contribution >= 4 is 35.3 Å². The average molecular weight is 193 g/mol. The van der Waals surface area contributed by atoms with Gasteiger partial charge >= 0.3 is 0 Å². The fourth-order valence-corrected chi connectivity index (χ4v) is 0.855. The Kier molecular flexibility index (Phi) is 2.31. The van der Waals surface area contributed by atoms with Crippen molar-refractivity contribution in [2.75, 3.05) is 0 Å². The van der Waals surface area contributed by atoms with Crippen LogP contribution in [0.4, 0.5) is 0 Å². The van der Waals surface area contributed by atoms with Crippen LogP contribution in [0.25, 0.3) is 0 Å². The van der Waals surface area contributed by atoms with Crippen LogP contribution in [0.5, 0.6) is 0 Å². The molecule has 0 bridgehead atoms. The van der Waals surface area contributed by atoms with Crippen LogP contribution in [0, 0.1) is 0 Å². The molecule has 1 aromatic heterocycles. The first-order valence-electron chi connectivity index (χ1n) is 2.58. The second kappa shape index (κ2) is 3.07. The number of Topliss-reactive ketones (excluding diaryl/α,β-unsaturated/α-hetero) is 1. The molecule has 1 heterocycles. The molecule has 0 N–H and O–H groups in total. The lowest BCUT2D eigenvalue weighted by Crippen LogP contribution is -1.97. The highest BCUT2D eigenvalue weighted by Gasteiger charge is 2.16. The Bertz CT molecular complexity index is 303. The summed E-state index contributed by atoms with van der Waals surface area (Å²) in [6, 6.07) is 0. The minimum Gasteiger partial charge on any atom is -0.457 e. The monoisotopic (exact) mass is 192 g/mol. The summed E-state index contributed by atoms with van der Waals surface area (Å²) in [6.45, 7) is 0. The van der Waals surface area contributed by atoms with Gasteiger partial charge in [0.15, 0.2) is 12.0 Å². The van der Waals surface area contributed by atoms with E-state index in [4.69, 9.17) is 23.2 Å². The first-order chi connectivity index (χ1) is 5.16. The number of hydrogen-bond donors (Lipinski definition) is 0. The van der Waals surface area contributed by atoms with Crippen LogP contribution in [0.2, 0.25) is 10.0 Å². The number of halogens is 2. The fraction of sp³-hybridized carbons (Fsp3) is 0. The van der Waals surface area contributed by atoms with Crippen molar-refractivity contribution in [3.63, 3.8) is 0 Å². The molecule has 0 spiro atoms. The smallest absolute Gasteiger partial charge is 0.262 e. The Morgan fingerprint density at radius 2 is 2.18 bits per heavy atom. The predicted molar refractivity (Wildman–Crippen MR) is 39.1 cm³/mol. The third-order valence-electron chi connectivity index (χ3n) is 1.02. The standard InChI is InChI=1S/C6H2Cl2O3/c7-3-2-11-6(5(3)8)4(10)1-9/h1-2H. The van der Waals surface area contributed by atoms with Gasteiger partial charge in [0.1, 0.15) is 11.3 Å². The lowest BCUT2D eigenvalue weighted by atomic mass is 10.3. The molecule has 0 radical (unpaired) electrons. The SMILES string of the molecule is O=CC(=O)c1occ(Cl)c1Cl. The molecule has 0 saturated heterocycles. The highest BCUT2D eigenvalue weighted by atomic mass is 35.5. The summed E-state index contributed by atoms with van der Waals surface area (Å²) in [7, 11) is 0. The lowest BCUT2D eigenvalue weighted by Gasteiger charge is -1.85. The highest BCUT2D eigenvalue weighted by Crippen LogP contribution is 2.27. The Balaban J connectivity index is 3.14. The Labute approximate surface area is 71.9 Å². The van der Waals surface area contributed by atoms with Gasteiger partial charge in [0.05, 0.1) is 5.02 Å². The van der Waals surface area contributed by atoms with Gasteiger partial charge in [-0.3, -0.25) is 9.59 Å². The summed E-state index contributed by atoms with van der Waals surface area (Å²) in [6.07, 6.45) is 1.21. The molecule has 0 saturated carbocycles. The van der Waals surface area contributed by atoms with Crippen molar-refractivity contribution in [2.24, 2.45) is 0 Å². The maximum absolute atomic E-state index is 10.6. The van der Waals surface area contributed by atoms with E-state index in [0.717, 1.165) is 6.26 Å². The van der Waals surface area contributed by atoms with Gasteiger partial charge in [-0.1, -0.05) is 23.2 Å². The molecule has 1 rings (SSSR count). The van der Waals surface area contributed by atoms with E-state index in [1.165, 1.54) is 0 Å². The molecule has 0 amide bonds. The Morgan fingerprint density at radius 3 is 2.55 bits per heavy atom. The largest absolute Gasteiger partial charge is 0.457 e. The number of aldehydes is 1. The van der Waals surface area contributed by atoms with Crippen LogP contribution < -0.4 is 0 Å². The summed E-state index contributed by atoms with van der Waals surface area (Å²) >= 11 is 10.9. The second-order valence-electron chi connectivity index (χ2n) is 1.71. The van der Waals surface area contributed by atoms with E-state index in [0.29, 0.717) is 0 Å². The number of furan rings is 1. The molecule has 0 aromatic carbocycles. The molecular weight excluding hydrogens is 191 g/mol. The van der Waals surface area contributed by atoms with Crippen molar-refractivity contribution in [1.29, 1.82) is 0 Å². The van der Waals surface area contributed by atoms with E-state index in [1.54, 1.807) is 0 Å². The summed E-state index contributed by atoms with van der Waals surface area (Å²) in [5.41, 5.74) is 0. The highest BCUT2D eigenvalue weighted by molar-refractivity contribution is 6.46. The van der Waals surface area contributed by atoms with E-state index >= 15 is 0 Å². The van der Waals surface area contributed by atoms with Crippen molar-refractivity contribution in [3.05, 3.63) is 22.1 Å². The normalized spacial score (nSPS) is 9.64. The number of rotatable bonds is 2. The topological polar surface area (TPSA) is 47.3 Å². The van der Waals surface area contributed by atoms with Crippen LogP contribution in [-0.2, 0) is 4.79 Å². The molecule has 3 nitrogen and oxygen atoms in total. The van der Waals surface area contributed by atoms with E-state index < -0.39 is 5.78 Å². The minimum absolute atomic E-state index is 0.0243. The summed E-state index contributed by atoms with van der Waals surface area (Å²) in [4.78, 5) is 20.6. The third kappa shape index (κ3) is 1.44. The van der Waals surface area contributed by atoms with Crippen molar-refractivity contribution in [3.8, 4) is 0 Å². The van der Waals surface area contributed by atoms with E-state index in [1.807, 2.05) is 0 Å². The molecule has 11 heavy (non-hydrogen) atoms. The first kappa shape index (κ1) is 8.30.